The van der Waals surface area contributed by atoms with Crippen LogP contribution in [0.15, 0.2) is 24.3 Å². The summed E-state index contributed by atoms with van der Waals surface area (Å²) in [6, 6.07) is 7.53. The third-order valence-electron chi connectivity index (χ3n) is 1.74. The number of hydrogen-bond acceptors (Lipinski definition) is 3. The first-order valence-electron chi connectivity index (χ1n) is 4.97. The second-order valence-electron chi connectivity index (χ2n) is 3.59. The maximum absolute atomic E-state index is 10.6. The van der Waals surface area contributed by atoms with Crippen molar-refractivity contribution in [2.24, 2.45) is 0 Å². The molecule has 15 heavy (non-hydrogen) atoms. The molecule has 1 aromatic rings. The summed E-state index contributed by atoms with van der Waals surface area (Å²) in [5.74, 6) is 0.564. The van der Waals surface area contributed by atoms with Gasteiger partial charge < -0.3 is 9.47 Å². The second-order valence-corrected chi connectivity index (χ2v) is 3.59. The van der Waals surface area contributed by atoms with Gasteiger partial charge in [0.1, 0.15) is 12.4 Å². The quantitative estimate of drug-likeness (QED) is 0.713. The Morgan fingerprint density at radius 1 is 1.27 bits per heavy atom. The van der Waals surface area contributed by atoms with Crippen molar-refractivity contribution in [1.29, 1.82) is 0 Å². The molecule has 0 heterocycles. The minimum atomic E-state index is -0.266. The van der Waals surface area contributed by atoms with E-state index in [0.29, 0.717) is 6.61 Å². The zero-order valence-electron chi connectivity index (χ0n) is 9.32. The van der Waals surface area contributed by atoms with E-state index >= 15 is 0 Å². The third-order valence-corrected chi connectivity index (χ3v) is 1.74. The first-order valence-corrected chi connectivity index (χ1v) is 4.97. The Morgan fingerprint density at radius 3 is 2.33 bits per heavy atom. The number of hydrogen-bond donors (Lipinski definition) is 0. The fraction of sp³-hybridized carbons (Fsp3) is 0.417. The summed E-state index contributed by atoms with van der Waals surface area (Å²) in [5.41, 5.74) is 0.960. The standard InChI is InChI=1S/C12H16O3/c1-9(2)15-12-6-4-11(5-7-12)8-14-10(3)13/h4-7,9H,8H2,1-3H3. The van der Waals surface area contributed by atoms with Crippen LogP contribution in [0.3, 0.4) is 0 Å². The normalized spacial score (nSPS) is 10.1. The monoisotopic (exact) mass is 208 g/mol. The van der Waals surface area contributed by atoms with Crippen molar-refractivity contribution >= 4 is 5.97 Å². The van der Waals surface area contributed by atoms with Crippen LogP contribution in [0.2, 0.25) is 0 Å². The minimum absolute atomic E-state index is 0.171. The van der Waals surface area contributed by atoms with Gasteiger partial charge in [0.05, 0.1) is 6.10 Å². The Hall–Kier alpha value is -1.51. The summed E-state index contributed by atoms with van der Waals surface area (Å²) in [5, 5.41) is 0. The highest BCUT2D eigenvalue weighted by Crippen LogP contribution is 2.14. The molecule has 82 valence electrons. The zero-order chi connectivity index (χ0) is 11.3. The van der Waals surface area contributed by atoms with Crippen LogP contribution >= 0.6 is 0 Å². The van der Waals surface area contributed by atoms with E-state index in [1.165, 1.54) is 6.92 Å². The van der Waals surface area contributed by atoms with E-state index in [1.807, 2.05) is 38.1 Å². The fourth-order valence-corrected chi connectivity index (χ4v) is 1.12. The van der Waals surface area contributed by atoms with Crippen molar-refractivity contribution in [3.8, 4) is 5.75 Å². The summed E-state index contributed by atoms with van der Waals surface area (Å²) in [6.07, 6.45) is 0.171. The first kappa shape index (κ1) is 11.6. The van der Waals surface area contributed by atoms with Crippen LogP contribution < -0.4 is 4.74 Å². The summed E-state index contributed by atoms with van der Waals surface area (Å²) >= 11 is 0. The van der Waals surface area contributed by atoms with Crippen LogP contribution in [0.1, 0.15) is 26.3 Å². The molecule has 0 aliphatic heterocycles. The molecule has 1 aromatic carbocycles. The molecule has 3 heteroatoms. The maximum atomic E-state index is 10.6. The van der Waals surface area contributed by atoms with Gasteiger partial charge in [-0.1, -0.05) is 12.1 Å². The SMILES string of the molecule is CC(=O)OCc1ccc(OC(C)C)cc1. The highest BCUT2D eigenvalue weighted by Gasteiger charge is 1.99. The number of rotatable bonds is 4. The molecule has 0 saturated carbocycles. The fourth-order valence-electron chi connectivity index (χ4n) is 1.12. The van der Waals surface area contributed by atoms with Crippen molar-refractivity contribution < 1.29 is 14.3 Å². The molecular weight excluding hydrogens is 192 g/mol. The Balaban J connectivity index is 2.52. The van der Waals surface area contributed by atoms with Crippen molar-refractivity contribution in [3.05, 3.63) is 29.8 Å². The molecule has 0 amide bonds. The summed E-state index contributed by atoms with van der Waals surface area (Å²) in [6.45, 7) is 5.67. The summed E-state index contributed by atoms with van der Waals surface area (Å²) in [7, 11) is 0. The number of benzene rings is 1. The van der Waals surface area contributed by atoms with Crippen LogP contribution in [-0.2, 0) is 16.1 Å². The van der Waals surface area contributed by atoms with Gasteiger partial charge in [-0.05, 0) is 31.5 Å². The minimum Gasteiger partial charge on any atom is -0.491 e. The Kier molecular flexibility index (Phi) is 4.16. The van der Waals surface area contributed by atoms with Gasteiger partial charge in [0.2, 0.25) is 0 Å². The lowest BCUT2D eigenvalue weighted by Crippen LogP contribution is -2.05. The van der Waals surface area contributed by atoms with Crippen LogP contribution in [0.5, 0.6) is 5.75 Å². The maximum Gasteiger partial charge on any atom is 0.302 e. The van der Waals surface area contributed by atoms with E-state index in [0.717, 1.165) is 11.3 Å². The van der Waals surface area contributed by atoms with Gasteiger partial charge in [0.15, 0.2) is 0 Å². The Labute approximate surface area is 90.0 Å². The van der Waals surface area contributed by atoms with Gasteiger partial charge in [-0.2, -0.15) is 0 Å². The van der Waals surface area contributed by atoms with Crippen molar-refractivity contribution in [2.45, 2.75) is 33.5 Å². The molecule has 0 atom stereocenters. The summed E-state index contributed by atoms with van der Waals surface area (Å²) < 4.78 is 10.4. The lowest BCUT2D eigenvalue weighted by atomic mass is 10.2. The van der Waals surface area contributed by atoms with Crippen LogP contribution in [0, 0.1) is 0 Å². The smallest absolute Gasteiger partial charge is 0.302 e. The molecule has 0 fully saturated rings. The molecule has 3 nitrogen and oxygen atoms in total. The molecule has 0 radical (unpaired) electrons. The highest BCUT2D eigenvalue weighted by molar-refractivity contribution is 5.65. The van der Waals surface area contributed by atoms with Crippen molar-refractivity contribution in [3.63, 3.8) is 0 Å². The van der Waals surface area contributed by atoms with Crippen molar-refractivity contribution in [2.75, 3.05) is 0 Å². The van der Waals surface area contributed by atoms with E-state index in [1.54, 1.807) is 0 Å². The van der Waals surface area contributed by atoms with Gasteiger partial charge in [-0.25, -0.2) is 0 Å². The predicted molar refractivity (Wildman–Crippen MR) is 57.7 cm³/mol. The molecule has 0 spiro atoms. The molecular formula is C12H16O3. The topological polar surface area (TPSA) is 35.5 Å². The molecule has 0 N–H and O–H groups in total. The van der Waals surface area contributed by atoms with Crippen LogP contribution in [0.4, 0.5) is 0 Å². The van der Waals surface area contributed by atoms with Crippen LogP contribution in [-0.4, -0.2) is 12.1 Å². The number of esters is 1. The lowest BCUT2D eigenvalue weighted by Gasteiger charge is -2.09. The van der Waals surface area contributed by atoms with Gasteiger partial charge in [-0.3, -0.25) is 4.79 Å². The average molecular weight is 208 g/mol. The van der Waals surface area contributed by atoms with E-state index < -0.39 is 0 Å². The molecule has 0 bridgehead atoms. The summed E-state index contributed by atoms with van der Waals surface area (Å²) in [4.78, 5) is 10.6. The molecule has 0 unspecified atom stereocenters. The van der Waals surface area contributed by atoms with Gasteiger partial charge >= 0.3 is 5.97 Å². The van der Waals surface area contributed by atoms with Gasteiger partial charge in [0.25, 0.3) is 0 Å². The van der Waals surface area contributed by atoms with E-state index in [9.17, 15) is 4.79 Å². The van der Waals surface area contributed by atoms with Crippen molar-refractivity contribution in [1.82, 2.24) is 0 Å². The highest BCUT2D eigenvalue weighted by atomic mass is 16.5. The zero-order valence-corrected chi connectivity index (χ0v) is 9.32. The number of carbonyl (C=O) groups is 1. The van der Waals surface area contributed by atoms with E-state index in [2.05, 4.69) is 0 Å². The largest absolute Gasteiger partial charge is 0.491 e. The van der Waals surface area contributed by atoms with Gasteiger partial charge in [-0.15, -0.1) is 0 Å². The predicted octanol–water partition coefficient (Wildman–Crippen LogP) is 2.54. The third kappa shape index (κ3) is 4.49. The molecule has 0 aliphatic carbocycles. The number of carbonyl (C=O) groups excluding carboxylic acids is 1. The van der Waals surface area contributed by atoms with Crippen LogP contribution in [0.25, 0.3) is 0 Å². The molecule has 0 aromatic heterocycles. The molecule has 1 rings (SSSR count). The van der Waals surface area contributed by atoms with E-state index in [4.69, 9.17) is 9.47 Å². The lowest BCUT2D eigenvalue weighted by molar-refractivity contribution is -0.142. The second kappa shape index (κ2) is 5.39. The Morgan fingerprint density at radius 2 is 1.87 bits per heavy atom. The average Bonchev–Trinajstić information content (AvgIpc) is 2.16. The number of ether oxygens (including phenoxy) is 2. The van der Waals surface area contributed by atoms with Gasteiger partial charge in [0, 0.05) is 6.92 Å². The molecule has 0 saturated heterocycles. The molecule has 0 aliphatic rings. The van der Waals surface area contributed by atoms with E-state index in [-0.39, 0.29) is 12.1 Å². The Bertz CT molecular complexity index is 314. The first-order chi connectivity index (χ1) is 7.08.